The van der Waals surface area contributed by atoms with Gasteiger partial charge in [-0.3, -0.25) is 0 Å². The molecule has 1 atom stereocenters. The molecule has 0 heterocycles. The first kappa shape index (κ1) is 15.9. The number of sulfonamides is 1. The molecule has 2 N–H and O–H groups in total. The third kappa shape index (κ3) is 4.86. The van der Waals surface area contributed by atoms with Crippen molar-refractivity contribution in [1.29, 1.82) is 0 Å². The van der Waals surface area contributed by atoms with Gasteiger partial charge in [0.1, 0.15) is 0 Å². The van der Waals surface area contributed by atoms with Gasteiger partial charge in [-0.2, -0.15) is 0 Å². The van der Waals surface area contributed by atoms with Crippen LogP contribution in [0.1, 0.15) is 52.9 Å². The van der Waals surface area contributed by atoms with Crippen LogP contribution in [0.5, 0.6) is 0 Å². The smallest absolute Gasteiger partial charge is 0.215 e. The highest BCUT2D eigenvalue weighted by molar-refractivity contribution is 7.90. The summed E-state index contributed by atoms with van der Waals surface area (Å²) in [7, 11) is -3.16. The summed E-state index contributed by atoms with van der Waals surface area (Å²) in [5.74, 6) is 0. The zero-order valence-electron chi connectivity index (χ0n) is 12.0. The quantitative estimate of drug-likeness (QED) is 0.599. The molecule has 0 aromatic carbocycles. The SMILES string of the molecule is CCCNCC(C)S(=O)(=O)NCC1(CCC)CC1. The zero-order valence-corrected chi connectivity index (χ0v) is 12.8. The number of hydrogen-bond acceptors (Lipinski definition) is 3. The first-order valence-electron chi connectivity index (χ1n) is 7.15. The second-order valence-electron chi connectivity index (χ2n) is 5.63. The van der Waals surface area contributed by atoms with Crippen molar-refractivity contribution in [2.75, 3.05) is 19.6 Å². The minimum atomic E-state index is -3.16. The van der Waals surface area contributed by atoms with Gasteiger partial charge in [-0.1, -0.05) is 20.3 Å². The summed E-state index contributed by atoms with van der Waals surface area (Å²) in [5, 5.41) is 2.80. The minimum Gasteiger partial charge on any atom is -0.315 e. The van der Waals surface area contributed by atoms with E-state index in [1.54, 1.807) is 6.92 Å². The fourth-order valence-corrected chi connectivity index (χ4v) is 3.34. The molecular formula is C13H28N2O2S. The molecule has 0 aliphatic heterocycles. The van der Waals surface area contributed by atoms with E-state index in [-0.39, 0.29) is 10.7 Å². The normalized spacial score (nSPS) is 19.7. The maximum atomic E-state index is 12.1. The molecule has 18 heavy (non-hydrogen) atoms. The van der Waals surface area contributed by atoms with E-state index in [1.165, 1.54) is 12.8 Å². The molecule has 1 aliphatic carbocycles. The van der Waals surface area contributed by atoms with Gasteiger partial charge >= 0.3 is 0 Å². The maximum absolute atomic E-state index is 12.1. The Bertz CT molecular complexity index is 337. The number of rotatable bonds is 10. The fourth-order valence-electron chi connectivity index (χ4n) is 2.21. The molecule has 0 aromatic heterocycles. The highest BCUT2D eigenvalue weighted by atomic mass is 32.2. The van der Waals surface area contributed by atoms with Crippen molar-refractivity contribution in [3.05, 3.63) is 0 Å². The zero-order chi connectivity index (χ0) is 13.6. The average Bonchev–Trinajstić information content (AvgIpc) is 3.08. The van der Waals surface area contributed by atoms with E-state index >= 15 is 0 Å². The van der Waals surface area contributed by atoms with Crippen LogP contribution in [-0.2, 0) is 10.0 Å². The second-order valence-corrected chi connectivity index (χ2v) is 7.81. The van der Waals surface area contributed by atoms with E-state index in [0.29, 0.717) is 13.1 Å². The van der Waals surface area contributed by atoms with Crippen molar-refractivity contribution in [3.8, 4) is 0 Å². The monoisotopic (exact) mass is 276 g/mol. The third-order valence-electron chi connectivity index (χ3n) is 3.77. The standard InChI is InChI=1S/C13H28N2O2S/c1-4-6-13(7-8-13)11-15-18(16,17)12(3)10-14-9-5-2/h12,14-15H,4-11H2,1-3H3. The minimum absolute atomic E-state index is 0.276. The lowest BCUT2D eigenvalue weighted by Crippen LogP contribution is -2.41. The molecular weight excluding hydrogens is 248 g/mol. The van der Waals surface area contributed by atoms with Gasteiger partial charge in [0, 0.05) is 13.1 Å². The number of nitrogens with one attached hydrogen (secondary N) is 2. The lowest BCUT2D eigenvalue weighted by molar-refractivity contribution is 0.447. The van der Waals surface area contributed by atoms with Gasteiger partial charge in [-0.25, -0.2) is 13.1 Å². The van der Waals surface area contributed by atoms with Gasteiger partial charge < -0.3 is 5.32 Å². The molecule has 0 saturated heterocycles. The summed E-state index contributed by atoms with van der Waals surface area (Å²) in [6.07, 6.45) is 5.64. The Balaban J connectivity index is 2.34. The van der Waals surface area contributed by atoms with Gasteiger partial charge in [0.15, 0.2) is 0 Å². The van der Waals surface area contributed by atoms with Crippen molar-refractivity contribution in [3.63, 3.8) is 0 Å². The summed E-state index contributed by atoms with van der Waals surface area (Å²) in [6, 6.07) is 0. The summed E-state index contributed by atoms with van der Waals surface area (Å²) in [6.45, 7) is 8.03. The molecule has 0 bridgehead atoms. The highest BCUT2D eigenvalue weighted by Crippen LogP contribution is 2.49. The largest absolute Gasteiger partial charge is 0.315 e. The van der Waals surface area contributed by atoms with Gasteiger partial charge in [0.2, 0.25) is 10.0 Å². The molecule has 4 nitrogen and oxygen atoms in total. The summed E-state index contributed by atoms with van der Waals surface area (Å²) < 4.78 is 26.9. The highest BCUT2D eigenvalue weighted by Gasteiger charge is 2.42. The molecule has 0 radical (unpaired) electrons. The number of hydrogen-bond donors (Lipinski definition) is 2. The van der Waals surface area contributed by atoms with Crippen LogP contribution in [0.15, 0.2) is 0 Å². The van der Waals surface area contributed by atoms with Crippen LogP contribution >= 0.6 is 0 Å². The van der Waals surface area contributed by atoms with E-state index in [9.17, 15) is 8.42 Å². The summed E-state index contributed by atoms with van der Waals surface area (Å²) in [5.41, 5.74) is 0.276. The Hall–Kier alpha value is -0.130. The molecule has 1 unspecified atom stereocenters. The van der Waals surface area contributed by atoms with Gasteiger partial charge in [0.05, 0.1) is 5.25 Å². The Kier molecular flexibility index (Phi) is 6.08. The maximum Gasteiger partial charge on any atom is 0.215 e. The van der Waals surface area contributed by atoms with E-state index < -0.39 is 10.0 Å². The van der Waals surface area contributed by atoms with E-state index in [4.69, 9.17) is 0 Å². The molecule has 1 aliphatic rings. The van der Waals surface area contributed by atoms with Crippen LogP contribution in [0, 0.1) is 5.41 Å². The average molecular weight is 276 g/mol. The van der Waals surface area contributed by atoms with Crippen LogP contribution in [0.2, 0.25) is 0 Å². The van der Waals surface area contributed by atoms with Crippen molar-refractivity contribution in [2.45, 2.75) is 58.1 Å². The Morgan fingerprint density at radius 3 is 2.39 bits per heavy atom. The molecule has 1 saturated carbocycles. The first-order valence-corrected chi connectivity index (χ1v) is 8.69. The van der Waals surface area contributed by atoms with Gasteiger partial charge in [0.25, 0.3) is 0 Å². The van der Waals surface area contributed by atoms with Crippen molar-refractivity contribution >= 4 is 10.0 Å². The molecule has 0 amide bonds. The topological polar surface area (TPSA) is 58.2 Å². The van der Waals surface area contributed by atoms with Crippen molar-refractivity contribution in [1.82, 2.24) is 10.0 Å². The Labute approximate surface area is 112 Å². The Morgan fingerprint density at radius 1 is 1.22 bits per heavy atom. The van der Waals surface area contributed by atoms with Gasteiger partial charge in [-0.05, 0) is 44.6 Å². The molecule has 5 heteroatoms. The van der Waals surface area contributed by atoms with E-state index in [1.807, 2.05) is 0 Å². The van der Waals surface area contributed by atoms with Crippen LogP contribution < -0.4 is 10.0 Å². The molecule has 108 valence electrons. The predicted molar refractivity (Wildman–Crippen MR) is 76.1 cm³/mol. The van der Waals surface area contributed by atoms with Crippen LogP contribution in [0.4, 0.5) is 0 Å². The van der Waals surface area contributed by atoms with Crippen molar-refractivity contribution < 1.29 is 8.42 Å². The lowest BCUT2D eigenvalue weighted by Gasteiger charge is -2.18. The van der Waals surface area contributed by atoms with Crippen LogP contribution in [0.25, 0.3) is 0 Å². The lowest BCUT2D eigenvalue weighted by atomic mass is 10.0. The van der Waals surface area contributed by atoms with E-state index in [0.717, 1.165) is 25.8 Å². The fraction of sp³-hybridized carbons (Fsp3) is 1.00. The molecule has 0 spiro atoms. The molecule has 1 rings (SSSR count). The van der Waals surface area contributed by atoms with Crippen LogP contribution in [0.3, 0.4) is 0 Å². The van der Waals surface area contributed by atoms with Crippen molar-refractivity contribution in [2.24, 2.45) is 5.41 Å². The summed E-state index contributed by atoms with van der Waals surface area (Å²) >= 11 is 0. The van der Waals surface area contributed by atoms with E-state index in [2.05, 4.69) is 23.9 Å². The Morgan fingerprint density at radius 2 is 1.89 bits per heavy atom. The second kappa shape index (κ2) is 6.87. The van der Waals surface area contributed by atoms with Crippen LogP contribution in [-0.4, -0.2) is 33.3 Å². The first-order chi connectivity index (χ1) is 8.46. The molecule has 0 aromatic rings. The predicted octanol–water partition coefficient (Wildman–Crippen LogP) is 1.87. The van der Waals surface area contributed by atoms with Gasteiger partial charge in [-0.15, -0.1) is 0 Å². The summed E-state index contributed by atoms with van der Waals surface area (Å²) in [4.78, 5) is 0. The molecule has 1 fully saturated rings. The third-order valence-corrected chi connectivity index (χ3v) is 5.55.